The molecular weight excluding hydrogens is 284 g/mol. The molecule has 0 spiro atoms. The molecule has 19 heavy (non-hydrogen) atoms. The Balaban J connectivity index is 1.96. The fourth-order valence-corrected chi connectivity index (χ4v) is 2.27. The van der Waals surface area contributed by atoms with Gasteiger partial charge < -0.3 is 10.1 Å². The van der Waals surface area contributed by atoms with Crippen molar-refractivity contribution in [1.82, 2.24) is 10.3 Å². The van der Waals surface area contributed by atoms with Gasteiger partial charge in [0.15, 0.2) is 0 Å². The number of thiazole rings is 1. The SMILES string of the molecule is CO[C@@H](CNC(=O)c1cscn1)c1ccc(Cl)cc1. The topological polar surface area (TPSA) is 51.2 Å². The Hall–Kier alpha value is -1.43. The van der Waals surface area contributed by atoms with Crippen LogP contribution in [0.25, 0.3) is 0 Å². The highest BCUT2D eigenvalue weighted by Gasteiger charge is 2.13. The van der Waals surface area contributed by atoms with E-state index < -0.39 is 0 Å². The Bertz CT molecular complexity index is 528. The summed E-state index contributed by atoms with van der Waals surface area (Å²) in [4.78, 5) is 15.7. The first kappa shape index (κ1) is 14.0. The molecule has 100 valence electrons. The van der Waals surface area contributed by atoms with Crippen molar-refractivity contribution in [3.05, 3.63) is 51.4 Å². The second-order valence-electron chi connectivity index (χ2n) is 3.86. The van der Waals surface area contributed by atoms with Gasteiger partial charge >= 0.3 is 0 Å². The van der Waals surface area contributed by atoms with Crippen LogP contribution in [0.1, 0.15) is 22.2 Å². The first-order valence-electron chi connectivity index (χ1n) is 5.65. The van der Waals surface area contributed by atoms with Gasteiger partial charge in [-0.25, -0.2) is 4.98 Å². The van der Waals surface area contributed by atoms with Gasteiger partial charge in [-0.2, -0.15) is 0 Å². The number of rotatable bonds is 5. The molecule has 0 aliphatic carbocycles. The summed E-state index contributed by atoms with van der Waals surface area (Å²) in [6, 6.07) is 7.35. The minimum absolute atomic E-state index is 0.197. The molecule has 0 fully saturated rings. The molecule has 0 saturated heterocycles. The van der Waals surface area contributed by atoms with E-state index in [1.54, 1.807) is 30.1 Å². The molecule has 0 aliphatic rings. The third kappa shape index (κ3) is 3.76. The fraction of sp³-hybridized carbons (Fsp3) is 0.231. The Morgan fingerprint density at radius 1 is 1.47 bits per heavy atom. The first-order chi connectivity index (χ1) is 9.20. The number of aromatic nitrogens is 1. The second-order valence-corrected chi connectivity index (χ2v) is 5.01. The number of methoxy groups -OCH3 is 1. The van der Waals surface area contributed by atoms with Gasteiger partial charge in [0.05, 0.1) is 11.6 Å². The summed E-state index contributed by atoms with van der Waals surface area (Å²) in [5, 5.41) is 5.18. The van der Waals surface area contributed by atoms with Crippen molar-refractivity contribution in [3.63, 3.8) is 0 Å². The van der Waals surface area contributed by atoms with Crippen molar-refractivity contribution in [2.45, 2.75) is 6.10 Å². The fourth-order valence-electron chi connectivity index (χ4n) is 1.62. The molecule has 2 aromatic rings. The van der Waals surface area contributed by atoms with Crippen molar-refractivity contribution in [2.24, 2.45) is 0 Å². The van der Waals surface area contributed by atoms with Crippen molar-refractivity contribution >= 4 is 28.8 Å². The number of nitrogens with zero attached hydrogens (tertiary/aromatic N) is 1. The minimum Gasteiger partial charge on any atom is -0.375 e. The zero-order valence-electron chi connectivity index (χ0n) is 10.3. The second kappa shape index (κ2) is 6.65. The summed E-state index contributed by atoms with van der Waals surface area (Å²) < 4.78 is 5.37. The van der Waals surface area contributed by atoms with Crippen LogP contribution in [-0.2, 0) is 4.74 Å². The van der Waals surface area contributed by atoms with Crippen molar-refractivity contribution in [3.8, 4) is 0 Å². The number of halogens is 1. The summed E-state index contributed by atoms with van der Waals surface area (Å²) in [6.45, 7) is 0.383. The molecule has 1 atom stereocenters. The maximum absolute atomic E-state index is 11.8. The average Bonchev–Trinajstić information content (AvgIpc) is 2.95. The predicted octanol–water partition coefficient (Wildman–Crippen LogP) is 2.91. The third-order valence-electron chi connectivity index (χ3n) is 2.64. The largest absolute Gasteiger partial charge is 0.375 e. The molecule has 2 rings (SSSR count). The van der Waals surface area contributed by atoms with E-state index in [1.807, 2.05) is 12.1 Å². The molecule has 0 saturated carbocycles. The highest BCUT2D eigenvalue weighted by Crippen LogP contribution is 2.18. The molecule has 0 unspecified atom stereocenters. The van der Waals surface area contributed by atoms with Gasteiger partial charge in [0, 0.05) is 24.1 Å². The molecule has 1 aromatic carbocycles. The zero-order chi connectivity index (χ0) is 13.7. The Morgan fingerprint density at radius 2 is 2.21 bits per heavy atom. The summed E-state index contributed by atoms with van der Waals surface area (Å²) in [5.74, 6) is -0.197. The number of ether oxygens (including phenoxy) is 1. The summed E-state index contributed by atoms with van der Waals surface area (Å²) in [5.41, 5.74) is 3.02. The van der Waals surface area contributed by atoms with E-state index in [1.165, 1.54) is 11.3 Å². The first-order valence-corrected chi connectivity index (χ1v) is 6.97. The minimum atomic E-state index is -0.208. The smallest absolute Gasteiger partial charge is 0.270 e. The van der Waals surface area contributed by atoms with Gasteiger partial charge in [-0.15, -0.1) is 11.3 Å². The number of benzene rings is 1. The Morgan fingerprint density at radius 3 is 2.79 bits per heavy atom. The molecule has 1 amide bonds. The highest BCUT2D eigenvalue weighted by atomic mass is 35.5. The predicted molar refractivity (Wildman–Crippen MR) is 75.6 cm³/mol. The summed E-state index contributed by atoms with van der Waals surface area (Å²) in [7, 11) is 1.61. The molecule has 1 aromatic heterocycles. The van der Waals surface area contributed by atoms with E-state index in [0.717, 1.165) is 5.56 Å². The van der Waals surface area contributed by atoms with Crippen LogP contribution in [0, 0.1) is 0 Å². The molecule has 4 nitrogen and oxygen atoms in total. The average molecular weight is 297 g/mol. The van der Waals surface area contributed by atoms with Crippen LogP contribution in [0.15, 0.2) is 35.2 Å². The van der Waals surface area contributed by atoms with Crippen molar-refractivity contribution < 1.29 is 9.53 Å². The lowest BCUT2D eigenvalue weighted by molar-refractivity contribution is 0.0825. The number of carbonyl (C=O) groups is 1. The van der Waals surface area contributed by atoms with E-state index in [9.17, 15) is 4.79 Å². The molecule has 6 heteroatoms. The van der Waals surface area contributed by atoms with Crippen LogP contribution < -0.4 is 5.32 Å². The standard InChI is InChI=1S/C13H13ClN2O2S/c1-18-12(9-2-4-10(14)5-3-9)6-15-13(17)11-7-19-8-16-11/h2-5,7-8,12H,6H2,1H3,(H,15,17)/t12-/m0/s1. The van der Waals surface area contributed by atoms with E-state index >= 15 is 0 Å². The van der Waals surface area contributed by atoms with Gasteiger partial charge in [0.1, 0.15) is 5.69 Å². The number of nitrogens with one attached hydrogen (secondary N) is 1. The number of hydrogen-bond donors (Lipinski definition) is 1. The highest BCUT2D eigenvalue weighted by molar-refractivity contribution is 7.07. The lowest BCUT2D eigenvalue weighted by Crippen LogP contribution is -2.29. The lowest BCUT2D eigenvalue weighted by atomic mass is 10.1. The normalized spacial score (nSPS) is 12.1. The van der Waals surface area contributed by atoms with Crippen LogP contribution in [0.4, 0.5) is 0 Å². The molecule has 0 aliphatic heterocycles. The van der Waals surface area contributed by atoms with Crippen LogP contribution in [-0.4, -0.2) is 24.5 Å². The van der Waals surface area contributed by atoms with Gasteiger partial charge in [0.25, 0.3) is 5.91 Å². The number of carbonyl (C=O) groups excluding carboxylic acids is 1. The summed E-state index contributed by atoms with van der Waals surface area (Å²) >= 11 is 7.22. The number of amides is 1. The zero-order valence-corrected chi connectivity index (χ0v) is 11.9. The molecule has 0 radical (unpaired) electrons. The molecular formula is C13H13ClN2O2S. The molecule has 1 N–H and O–H groups in total. The maximum Gasteiger partial charge on any atom is 0.270 e. The van der Waals surface area contributed by atoms with Gasteiger partial charge in [-0.05, 0) is 17.7 Å². The van der Waals surface area contributed by atoms with Crippen LogP contribution in [0.5, 0.6) is 0 Å². The van der Waals surface area contributed by atoms with Crippen LogP contribution in [0.2, 0.25) is 5.02 Å². The number of hydrogen-bond acceptors (Lipinski definition) is 4. The van der Waals surface area contributed by atoms with Gasteiger partial charge in [0.2, 0.25) is 0 Å². The van der Waals surface area contributed by atoms with Crippen molar-refractivity contribution in [1.29, 1.82) is 0 Å². The third-order valence-corrected chi connectivity index (χ3v) is 3.48. The van der Waals surface area contributed by atoms with E-state index in [-0.39, 0.29) is 12.0 Å². The van der Waals surface area contributed by atoms with Gasteiger partial charge in [-0.1, -0.05) is 23.7 Å². The molecule has 1 heterocycles. The van der Waals surface area contributed by atoms with Gasteiger partial charge in [-0.3, -0.25) is 4.79 Å². The molecule has 0 bridgehead atoms. The lowest BCUT2D eigenvalue weighted by Gasteiger charge is -2.16. The van der Waals surface area contributed by atoms with E-state index in [0.29, 0.717) is 17.3 Å². The monoisotopic (exact) mass is 296 g/mol. The Labute approximate surface area is 120 Å². The van der Waals surface area contributed by atoms with Crippen LogP contribution in [0.3, 0.4) is 0 Å². The van der Waals surface area contributed by atoms with E-state index in [4.69, 9.17) is 16.3 Å². The van der Waals surface area contributed by atoms with Crippen LogP contribution >= 0.6 is 22.9 Å². The summed E-state index contributed by atoms with van der Waals surface area (Å²) in [6.07, 6.45) is -0.208. The maximum atomic E-state index is 11.8. The quantitative estimate of drug-likeness (QED) is 0.923. The van der Waals surface area contributed by atoms with Crippen molar-refractivity contribution in [2.75, 3.05) is 13.7 Å². The Kier molecular flexibility index (Phi) is 4.90. The van der Waals surface area contributed by atoms with E-state index in [2.05, 4.69) is 10.3 Å².